The highest BCUT2D eigenvalue weighted by atomic mass is 32.2. The second-order valence-electron chi connectivity index (χ2n) is 4.95. The standard InChI is InChI=1S/C16H22N2OS/c1-13-11-18(8-9-20-13)12-15-10-16(19-2)6-5-14(15)4-3-7-17/h5-6,10,13H,7-9,11-12,17H2,1-2H3. The molecule has 0 spiro atoms. The van der Waals surface area contributed by atoms with Crippen LogP contribution in [-0.4, -0.2) is 42.6 Å². The van der Waals surface area contributed by atoms with Crippen LogP contribution in [0.1, 0.15) is 18.1 Å². The zero-order chi connectivity index (χ0) is 14.4. The number of methoxy groups -OCH3 is 1. The van der Waals surface area contributed by atoms with Gasteiger partial charge in [0.15, 0.2) is 0 Å². The number of thioether (sulfide) groups is 1. The lowest BCUT2D eigenvalue weighted by molar-refractivity contribution is 0.278. The van der Waals surface area contributed by atoms with Gasteiger partial charge in [0.05, 0.1) is 13.7 Å². The fraction of sp³-hybridized carbons (Fsp3) is 0.500. The van der Waals surface area contributed by atoms with Gasteiger partial charge in [0.25, 0.3) is 0 Å². The molecule has 4 heteroatoms. The van der Waals surface area contributed by atoms with E-state index >= 15 is 0 Å². The van der Waals surface area contributed by atoms with Crippen molar-refractivity contribution in [1.29, 1.82) is 0 Å². The Bertz CT molecular complexity index is 507. The molecule has 0 aliphatic carbocycles. The van der Waals surface area contributed by atoms with E-state index in [4.69, 9.17) is 10.5 Å². The Morgan fingerprint density at radius 2 is 2.35 bits per heavy atom. The van der Waals surface area contributed by atoms with Gasteiger partial charge in [0.1, 0.15) is 5.75 Å². The minimum absolute atomic E-state index is 0.392. The number of rotatable bonds is 3. The molecule has 2 rings (SSSR count). The molecule has 1 fully saturated rings. The molecule has 0 bridgehead atoms. The highest BCUT2D eigenvalue weighted by molar-refractivity contribution is 7.99. The Hall–Kier alpha value is -1.15. The normalized spacial score (nSPS) is 19.2. The molecular formula is C16H22N2OS. The Morgan fingerprint density at radius 3 is 3.05 bits per heavy atom. The van der Waals surface area contributed by atoms with E-state index in [-0.39, 0.29) is 0 Å². The molecule has 1 aliphatic heterocycles. The minimum Gasteiger partial charge on any atom is -0.497 e. The first-order valence-electron chi connectivity index (χ1n) is 6.92. The summed E-state index contributed by atoms with van der Waals surface area (Å²) in [5, 5.41) is 0.702. The SMILES string of the molecule is COc1ccc(C#CCN)c(CN2CCSC(C)C2)c1. The maximum absolute atomic E-state index is 5.47. The largest absolute Gasteiger partial charge is 0.497 e. The van der Waals surface area contributed by atoms with E-state index in [0.29, 0.717) is 11.8 Å². The van der Waals surface area contributed by atoms with Crippen LogP contribution in [0.3, 0.4) is 0 Å². The third kappa shape index (κ3) is 4.17. The Morgan fingerprint density at radius 1 is 1.50 bits per heavy atom. The summed E-state index contributed by atoms with van der Waals surface area (Å²) in [7, 11) is 1.70. The number of hydrogen-bond donors (Lipinski definition) is 1. The molecule has 1 unspecified atom stereocenters. The summed E-state index contributed by atoms with van der Waals surface area (Å²) < 4.78 is 5.33. The zero-order valence-electron chi connectivity index (χ0n) is 12.2. The third-order valence-electron chi connectivity index (χ3n) is 3.36. The smallest absolute Gasteiger partial charge is 0.119 e. The van der Waals surface area contributed by atoms with E-state index in [9.17, 15) is 0 Å². The highest BCUT2D eigenvalue weighted by Crippen LogP contribution is 2.23. The molecule has 108 valence electrons. The molecule has 0 aromatic heterocycles. The molecule has 1 heterocycles. The average Bonchev–Trinajstić information content (AvgIpc) is 2.46. The van der Waals surface area contributed by atoms with Crippen molar-refractivity contribution in [2.45, 2.75) is 18.7 Å². The summed E-state index contributed by atoms with van der Waals surface area (Å²) in [4.78, 5) is 2.49. The Balaban J connectivity index is 2.18. The third-order valence-corrected chi connectivity index (χ3v) is 4.49. The van der Waals surface area contributed by atoms with E-state index in [1.54, 1.807) is 7.11 Å². The molecule has 20 heavy (non-hydrogen) atoms. The van der Waals surface area contributed by atoms with Gasteiger partial charge in [-0.25, -0.2) is 0 Å². The molecule has 3 nitrogen and oxygen atoms in total. The second kappa shape index (κ2) is 7.58. The van der Waals surface area contributed by atoms with Crippen molar-refractivity contribution in [2.75, 3.05) is 32.5 Å². The Kier molecular flexibility index (Phi) is 5.78. The van der Waals surface area contributed by atoms with Crippen molar-refractivity contribution >= 4 is 11.8 Å². The summed E-state index contributed by atoms with van der Waals surface area (Å²) >= 11 is 2.05. The van der Waals surface area contributed by atoms with Crippen molar-refractivity contribution in [3.8, 4) is 17.6 Å². The van der Waals surface area contributed by atoms with E-state index in [1.807, 2.05) is 23.9 Å². The van der Waals surface area contributed by atoms with Crippen LogP contribution in [0.5, 0.6) is 5.75 Å². The predicted octanol–water partition coefficient (Wildman–Crippen LogP) is 1.94. The van der Waals surface area contributed by atoms with Gasteiger partial charge in [0.2, 0.25) is 0 Å². The van der Waals surface area contributed by atoms with Gasteiger partial charge in [0, 0.05) is 36.2 Å². The summed E-state index contributed by atoms with van der Waals surface area (Å²) in [5.74, 6) is 8.20. The molecule has 1 aromatic rings. The number of hydrogen-bond acceptors (Lipinski definition) is 4. The van der Waals surface area contributed by atoms with Gasteiger partial charge in [-0.2, -0.15) is 11.8 Å². The van der Waals surface area contributed by atoms with Gasteiger partial charge in [-0.15, -0.1) is 0 Å². The van der Waals surface area contributed by atoms with Crippen LogP contribution < -0.4 is 10.5 Å². The van der Waals surface area contributed by atoms with Crippen LogP contribution in [0, 0.1) is 11.8 Å². The highest BCUT2D eigenvalue weighted by Gasteiger charge is 2.17. The van der Waals surface area contributed by atoms with Gasteiger partial charge >= 0.3 is 0 Å². The number of ether oxygens (including phenoxy) is 1. The van der Waals surface area contributed by atoms with Crippen LogP contribution in [0.25, 0.3) is 0 Å². The van der Waals surface area contributed by atoms with Crippen LogP contribution in [0.4, 0.5) is 0 Å². The molecule has 1 aliphatic rings. The lowest BCUT2D eigenvalue weighted by Crippen LogP contribution is -2.36. The van der Waals surface area contributed by atoms with Gasteiger partial charge in [-0.1, -0.05) is 18.8 Å². The quantitative estimate of drug-likeness (QED) is 0.864. The van der Waals surface area contributed by atoms with Crippen molar-refractivity contribution in [3.05, 3.63) is 29.3 Å². The molecule has 2 N–H and O–H groups in total. The van der Waals surface area contributed by atoms with E-state index in [2.05, 4.69) is 29.7 Å². The first-order chi connectivity index (χ1) is 9.72. The summed E-state index contributed by atoms with van der Waals surface area (Å²) in [6.45, 7) is 5.87. The minimum atomic E-state index is 0.392. The average molecular weight is 290 g/mol. The van der Waals surface area contributed by atoms with Crippen LogP contribution in [0.2, 0.25) is 0 Å². The molecule has 0 amide bonds. The lowest BCUT2D eigenvalue weighted by Gasteiger charge is -2.30. The first-order valence-corrected chi connectivity index (χ1v) is 7.97. The monoisotopic (exact) mass is 290 g/mol. The summed E-state index contributed by atoms with van der Waals surface area (Å²) in [6, 6.07) is 6.07. The van der Waals surface area contributed by atoms with Gasteiger partial charge < -0.3 is 10.5 Å². The molecule has 0 radical (unpaired) electrons. The van der Waals surface area contributed by atoms with E-state index < -0.39 is 0 Å². The molecule has 1 atom stereocenters. The van der Waals surface area contributed by atoms with Crippen LogP contribution in [-0.2, 0) is 6.54 Å². The van der Waals surface area contributed by atoms with Gasteiger partial charge in [-0.3, -0.25) is 4.90 Å². The fourth-order valence-electron chi connectivity index (χ4n) is 2.37. The topological polar surface area (TPSA) is 38.5 Å². The number of nitrogens with zero attached hydrogens (tertiary/aromatic N) is 1. The predicted molar refractivity (Wildman–Crippen MR) is 86.1 cm³/mol. The summed E-state index contributed by atoms with van der Waals surface area (Å²) in [5.41, 5.74) is 7.76. The van der Waals surface area contributed by atoms with Crippen LogP contribution in [0.15, 0.2) is 18.2 Å². The van der Waals surface area contributed by atoms with Crippen molar-refractivity contribution < 1.29 is 4.74 Å². The molecule has 1 saturated heterocycles. The van der Waals surface area contributed by atoms with E-state index in [0.717, 1.165) is 30.9 Å². The first kappa shape index (κ1) is 15.2. The van der Waals surface area contributed by atoms with E-state index in [1.165, 1.54) is 11.3 Å². The zero-order valence-corrected chi connectivity index (χ0v) is 13.0. The van der Waals surface area contributed by atoms with Crippen molar-refractivity contribution in [2.24, 2.45) is 5.73 Å². The lowest BCUT2D eigenvalue weighted by atomic mass is 10.1. The molecule has 1 aromatic carbocycles. The molecular weight excluding hydrogens is 268 g/mol. The maximum atomic E-state index is 5.47. The number of nitrogens with two attached hydrogens (primary N) is 1. The maximum Gasteiger partial charge on any atom is 0.119 e. The summed E-state index contributed by atoms with van der Waals surface area (Å²) in [6.07, 6.45) is 0. The fourth-order valence-corrected chi connectivity index (χ4v) is 3.45. The number of benzene rings is 1. The second-order valence-corrected chi connectivity index (χ2v) is 6.49. The van der Waals surface area contributed by atoms with Crippen LogP contribution >= 0.6 is 11.8 Å². The van der Waals surface area contributed by atoms with Crippen molar-refractivity contribution in [3.63, 3.8) is 0 Å². The Labute approximate surface area is 125 Å². The van der Waals surface area contributed by atoms with Gasteiger partial charge in [-0.05, 0) is 23.8 Å². The molecule has 0 saturated carbocycles. The van der Waals surface area contributed by atoms with Crippen molar-refractivity contribution in [1.82, 2.24) is 4.90 Å².